The van der Waals surface area contributed by atoms with Gasteiger partial charge in [-0.25, -0.2) is 0 Å². The molecule has 2 saturated heterocycles. The molecular weight excluding hydrogens is 1070 g/mol. The maximum atomic E-state index is 13.3. The number of carbonyl (C=O) groups is 3. The number of phenols is 2. The van der Waals surface area contributed by atoms with E-state index in [0.29, 0.717) is 49.0 Å². The van der Waals surface area contributed by atoms with Crippen LogP contribution in [0, 0.1) is 23.7 Å². The smallest absolute Gasteiger partial charge is 0.337 e. The number of cyclic esters (lactones) is 2. The lowest BCUT2D eigenvalue weighted by molar-refractivity contribution is -0.142. The van der Waals surface area contributed by atoms with Gasteiger partial charge in [0.15, 0.2) is 46.0 Å². The van der Waals surface area contributed by atoms with Crippen molar-refractivity contribution in [1.29, 1.82) is 0 Å². The molecule has 2 aliphatic carbocycles. The van der Waals surface area contributed by atoms with Crippen LogP contribution in [0.25, 0.3) is 0 Å². The van der Waals surface area contributed by atoms with E-state index in [2.05, 4.69) is 5.32 Å². The third kappa shape index (κ3) is 12.0. The van der Waals surface area contributed by atoms with Crippen LogP contribution in [0.1, 0.15) is 85.0 Å². The van der Waals surface area contributed by atoms with E-state index in [4.69, 9.17) is 71.2 Å². The molecule has 0 bridgehead atoms. The van der Waals surface area contributed by atoms with Crippen molar-refractivity contribution in [3.63, 3.8) is 0 Å². The summed E-state index contributed by atoms with van der Waals surface area (Å²) >= 11 is 0. The topological polar surface area (TPSA) is 293 Å². The zero-order valence-corrected chi connectivity index (χ0v) is 47.0. The molecule has 23 nitrogen and oxygen atoms in total. The number of carbonyl (C=O) groups excluding carboxylic acids is 3. The molecule has 4 aromatic rings. The number of hydrogen-bond donors (Lipinski definition) is 4. The SMILES string of the molecule is CCOP(=O)(CC=O)OCC.CCOP(=O)(CCN[C@@H]1c2cc3c(cc2[C@@H](c2cc(OC)c(O)c(OC)c2)[C@H]2C(=O)OC[C@@H]21)OCO3)OCC.COc1cc([C@@H]2c3cc4c(cc3[C@@H](N)[C@H]3COC(=O)[C@H]23)OCO4)cc(OC)c1O. The van der Waals surface area contributed by atoms with Crippen molar-refractivity contribution in [2.75, 3.05) is 101 Å². The summed E-state index contributed by atoms with van der Waals surface area (Å²) in [6, 6.07) is 13.8. The van der Waals surface area contributed by atoms with E-state index >= 15 is 0 Å². The van der Waals surface area contributed by atoms with Gasteiger partial charge in [0.05, 0.1) is 86.1 Å². The number of esters is 2. The Morgan fingerprint density at radius 2 is 0.949 bits per heavy atom. The quantitative estimate of drug-likeness (QED) is 0.0378. The molecule has 0 unspecified atom stereocenters. The van der Waals surface area contributed by atoms with Crippen molar-refractivity contribution in [3.05, 3.63) is 81.9 Å². The van der Waals surface area contributed by atoms with E-state index in [1.54, 1.807) is 52.0 Å². The molecule has 0 spiro atoms. The Morgan fingerprint density at radius 3 is 1.37 bits per heavy atom. The van der Waals surface area contributed by atoms with Crippen molar-refractivity contribution in [1.82, 2.24) is 5.32 Å². The van der Waals surface area contributed by atoms with Gasteiger partial charge in [-0.2, -0.15) is 0 Å². The summed E-state index contributed by atoms with van der Waals surface area (Å²) in [7, 11) is -0.501. The Hall–Kier alpha value is -6.29. The number of aldehydes is 1. The molecule has 0 amide bonds. The molecule has 2 fully saturated rings. The van der Waals surface area contributed by atoms with E-state index in [0.717, 1.165) is 33.4 Å². The van der Waals surface area contributed by atoms with Gasteiger partial charge < -0.3 is 91.5 Å². The number of benzene rings is 4. The molecule has 10 rings (SSSR count). The van der Waals surface area contributed by atoms with Gasteiger partial charge in [0.2, 0.25) is 25.1 Å². The molecule has 79 heavy (non-hydrogen) atoms. The summed E-state index contributed by atoms with van der Waals surface area (Å²) in [5.41, 5.74) is 11.6. The molecule has 4 heterocycles. The second-order valence-electron chi connectivity index (χ2n) is 18.7. The predicted octanol–water partition coefficient (Wildman–Crippen LogP) is 7.49. The monoisotopic (exact) mass is 1140 g/mol. The van der Waals surface area contributed by atoms with Crippen LogP contribution in [0.2, 0.25) is 0 Å². The fraction of sp³-hybridized carbons (Fsp3) is 0.500. The minimum absolute atomic E-state index is 0.0947. The Labute approximate surface area is 457 Å². The summed E-state index contributed by atoms with van der Waals surface area (Å²) in [5.74, 6) is 0.408. The number of aromatic hydroxyl groups is 2. The number of nitrogens with one attached hydrogen (secondary N) is 1. The normalized spacial score (nSPS) is 22.8. The first kappa shape index (κ1) is 58.8. The first-order valence-electron chi connectivity index (χ1n) is 25.8. The number of nitrogens with two attached hydrogens (primary N) is 1. The van der Waals surface area contributed by atoms with E-state index in [1.165, 1.54) is 28.4 Å². The number of phenolic OH excluding ortho intramolecular Hbond substituents is 2. The van der Waals surface area contributed by atoms with Gasteiger partial charge in [0.1, 0.15) is 12.4 Å². The van der Waals surface area contributed by atoms with Gasteiger partial charge in [-0.1, -0.05) is 0 Å². The summed E-state index contributed by atoms with van der Waals surface area (Å²) in [6.07, 6.45) is 0.563. The standard InChI is InChI=1S/C27H34NO10P.C21H21NO7.C6H13O4P/c1-5-37-39(31,38-6-2)8-7-28-25-17-12-20-19(35-14-36-20)11-16(17)23(24-18(25)13-34-27(24)30)15-9-21(32-3)26(29)22(10-15)33-4;1-25-15-3-9(4-16(26-2)20(15)23)17-10-5-13-14(29-8-28-13)6-11(10)19(22)12-7-27-21(24)18(12)17;1-3-9-11(8,6-5-7)10-4-2/h9-12,18,23-25,28-29H,5-8,13-14H2,1-4H3;3-6,12,17-19,23H,7-8,22H2,1-2H3;5H,3-4,6H2,1-2H3/t18-,23+,24-,25+;12-,17+,18-,19+;/m00./s1. The molecule has 0 saturated carbocycles. The zero-order chi connectivity index (χ0) is 56.8. The molecule has 25 heteroatoms. The molecule has 0 radical (unpaired) electrons. The fourth-order valence-electron chi connectivity index (χ4n) is 11.2. The third-order valence-electron chi connectivity index (χ3n) is 14.5. The lowest BCUT2D eigenvalue weighted by Crippen LogP contribution is -2.41. The molecule has 0 aromatic heterocycles. The Kier molecular flexibility index (Phi) is 19.0. The first-order valence-corrected chi connectivity index (χ1v) is 29.3. The number of fused-ring (bicyclic) bond motifs is 6. The molecule has 4 aromatic carbocycles. The van der Waals surface area contributed by atoms with Crippen LogP contribution in [0.3, 0.4) is 0 Å². The van der Waals surface area contributed by atoms with Crippen molar-refractivity contribution in [2.45, 2.75) is 51.6 Å². The van der Waals surface area contributed by atoms with Gasteiger partial charge >= 0.3 is 27.1 Å². The van der Waals surface area contributed by atoms with Crippen molar-refractivity contribution in [3.8, 4) is 57.5 Å². The second-order valence-corrected chi connectivity index (χ2v) is 23.0. The number of methoxy groups -OCH3 is 4. The van der Waals surface area contributed by atoms with E-state index in [1.807, 2.05) is 24.3 Å². The number of ether oxygens (including phenoxy) is 10. The lowest BCUT2D eigenvalue weighted by Gasteiger charge is -2.39. The number of hydrogen-bond acceptors (Lipinski definition) is 23. The third-order valence-corrected chi connectivity index (χ3v) is 18.5. The molecule has 6 aliphatic rings. The predicted molar refractivity (Wildman–Crippen MR) is 282 cm³/mol. The van der Waals surface area contributed by atoms with Gasteiger partial charge in [-0.3, -0.25) is 18.7 Å². The highest BCUT2D eigenvalue weighted by Gasteiger charge is 2.54. The van der Waals surface area contributed by atoms with Gasteiger partial charge in [0, 0.05) is 42.3 Å². The van der Waals surface area contributed by atoms with Crippen LogP contribution in [0.15, 0.2) is 48.5 Å². The molecule has 430 valence electrons. The van der Waals surface area contributed by atoms with Crippen molar-refractivity contribution >= 4 is 33.4 Å². The number of rotatable bonds is 20. The molecular formula is C54H68N2O21P2. The summed E-state index contributed by atoms with van der Waals surface area (Å²) in [5, 5.41) is 24.3. The Bertz CT molecular complexity index is 2900. The van der Waals surface area contributed by atoms with Gasteiger partial charge in [-0.15, -0.1) is 0 Å². The van der Waals surface area contributed by atoms with Crippen LogP contribution in [0.5, 0.6) is 57.5 Å². The van der Waals surface area contributed by atoms with Gasteiger partial charge in [-0.05, 0) is 110 Å². The summed E-state index contributed by atoms with van der Waals surface area (Å²) < 4.78 is 99.9. The Morgan fingerprint density at radius 1 is 0.570 bits per heavy atom. The highest BCUT2D eigenvalue weighted by atomic mass is 31.2. The minimum Gasteiger partial charge on any atom is -0.502 e. The van der Waals surface area contributed by atoms with Crippen molar-refractivity contribution in [2.24, 2.45) is 29.4 Å². The maximum absolute atomic E-state index is 13.3. The average Bonchev–Trinajstić information content (AvgIpc) is 4.44. The minimum atomic E-state index is -3.26. The fourth-order valence-corrected chi connectivity index (χ4v) is 13.9. The molecule has 4 aliphatic heterocycles. The van der Waals surface area contributed by atoms with Crippen LogP contribution < -0.4 is 48.9 Å². The summed E-state index contributed by atoms with van der Waals surface area (Å²) in [6.45, 7) is 9.17. The molecule has 5 N–H and O–H groups in total. The molecule has 8 atom stereocenters. The first-order chi connectivity index (χ1) is 38.0. The zero-order valence-electron chi connectivity index (χ0n) is 45.2. The van der Waals surface area contributed by atoms with Crippen LogP contribution >= 0.6 is 15.2 Å². The van der Waals surface area contributed by atoms with E-state index in [9.17, 15) is 33.7 Å². The van der Waals surface area contributed by atoms with Crippen molar-refractivity contribution < 1.29 is 99.2 Å². The average molecular weight is 1140 g/mol. The van der Waals surface area contributed by atoms with E-state index in [-0.39, 0.29) is 129 Å². The van der Waals surface area contributed by atoms with E-state index < -0.39 is 32.9 Å². The summed E-state index contributed by atoms with van der Waals surface area (Å²) in [4.78, 5) is 36.0. The maximum Gasteiger partial charge on any atom is 0.337 e. The van der Waals surface area contributed by atoms with Gasteiger partial charge in [0.25, 0.3) is 0 Å². The highest BCUT2D eigenvalue weighted by Crippen LogP contribution is 2.58. The van der Waals surface area contributed by atoms with Crippen LogP contribution in [0.4, 0.5) is 0 Å². The second kappa shape index (κ2) is 25.4. The Balaban J connectivity index is 0.000000180. The largest absolute Gasteiger partial charge is 0.502 e. The highest BCUT2D eigenvalue weighted by molar-refractivity contribution is 7.54. The van der Waals surface area contributed by atoms with Crippen LogP contribution in [-0.2, 0) is 51.1 Å². The van der Waals surface area contributed by atoms with Crippen LogP contribution in [-0.4, -0.2) is 129 Å². The lowest BCUT2D eigenvalue weighted by atomic mass is 9.65.